The van der Waals surface area contributed by atoms with E-state index in [4.69, 9.17) is 0 Å². The van der Waals surface area contributed by atoms with Gasteiger partial charge in [-0.25, -0.2) is 9.97 Å². The number of rotatable bonds is 4. The summed E-state index contributed by atoms with van der Waals surface area (Å²) in [5.41, 5.74) is 4.40. The molecule has 0 spiro atoms. The van der Waals surface area contributed by atoms with Gasteiger partial charge in [0.1, 0.15) is 17.8 Å². The Morgan fingerprint density at radius 1 is 1.03 bits per heavy atom. The number of nitrogens with one attached hydrogen (secondary N) is 2. The number of H-pyrrole nitrogens is 1. The molecule has 0 unspecified atom stereocenters. The van der Waals surface area contributed by atoms with E-state index in [0.717, 1.165) is 55.3 Å². The third-order valence-corrected chi connectivity index (χ3v) is 5.19. The molecule has 0 amide bonds. The number of aromatic nitrogens is 3. The first kappa shape index (κ1) is 21.2. The number of fused-ring (bicyclic) bond motifs is 1. The molecule has 7 nitrogen and oxygen atoms in total. The van der Waals surface area contributed by atoms with E-state index in [1.165, 1.54) is 11.1 Å². The molecule has 1 aromatic carbocycles. The number of piperazine rings is 1. The van der Waals surface area contributed by atoms with Crippen molar-refractivity contribution in [3.8, 4) is 11.3 Å². The standard InChI is InChI=1S/C22H30N6.H3N/c1-22(2,3)26-21-18-13-19(25-20(18)23-15-24-21)17-7-5-16(6-8-17)14-28-11-9-27(4)10-12-28;/h5-8,13,15H,9-12,14H2,1-4H3,(H2,23,24,25,26);1H3. The van der Waals surface area contributed by atoms with Crippen molar-refractivity contribution in [2.24, 2.45) is 0 Å². The van der Waals surface area contributed by atoms with E-state index < -0.39 is 0 Å². The minimum atomic E-state index is -0.0520. The van der Waals surface area contributed by atoms with Crippen molar-refractivity contribution >= 4 is 16.9 Å². The maximum atomic E-state index is 4.43. The first-order valence-corrected chi connectivity index (χ1v) is 9.99. The van der Waals surface area contributed by atoms with Gasteiger partial charge in [0.15, 0.2) is 0 Å². The number of likely N-dealkylation sites (N-methyl/N-ethyl adjacent to an activating group) is 1. The largest absolute Gasteiger partial charge is 0.365 e. The lowest BCUT2D eigenvalue weighted by molar-refractivity contribution is 0.148. The van der Waals surface area contributed by atoms with Crippen molar-refractivity contribution in [1.29, 1.82) is 0 Å². The number of nitrogens with zero attached hydrogens (tertiary/aromatic N) is 4. The molecule has 7 heteroatoms. The summed E-state index contributed by atoms with van der Waals surface area (Å²) in [4.78, 5) is 17.2. The first-order valence-electron chi connectivity index (χ1n) is 9.99. The second kappa shape index (κ2) is 8.49. The highest BCUT2D eigenvalue weighted by atomic mass is 15.2. The zero-order chi connectivity index (χ0) is 19.7. The van der Waals surface area contributed by atoms with Gasteiger partial charge in [0.25, 0.3) is 0 Å². The fourth-order valence-corrected chi connectivity index (χ4v) is 3.60. The minimum absolute atomic E-state index is 0. The van der Waals surface area contributed by atoms with E-state index in [0.29, 0.717) is 0 Å². The van der Waals surface area contributed by atoms with Gasteiger partial charge in [-0.2, -0.15) is 0 Å². The van der Waals surface area contributed by atoms with E-state index in [2.05, 4.69) is 88.2 Å². The molecular formula is C22H33N7. The van der Waals surface area contributed by atoms with Gasteiger partial charge in [0, 0.05) is 44.0 Å². The Bertz CT molecular complexity index is 932. The molecule has 5 N–H and O–H groups in total. The zero-order valence-electron chi connectivity index (χ0n) is 18.0. The number of aromatic amines is 1. The lowest BCUT2D eigenvalue weighted by atomic mass is 10.1. The van der Waals surface area contributed by atoms with Crippen LogP contribution in [0.4, 0.5) is 5.82 Å². The maximum absolute atomic E-state index is 4.43. The first-order chi connectivity index (χ1) is 13.4. The molecule has 0 saturated carbocycles. The van der Waals surface area contributed by atoms with Crippen molar-refractivity contribution in [2.75, 3.05) is 38.5 Å². The minimum Gasteiger partial charge on any atom is -0.365 e. The predicted octanol–water partition coefficient (Wildman–Crippen LogP) is 3.74. The van der Waals surface area contributed by atoms with Crippen LogP contribution in [-0.2, 0) is 6.54 Å². The third-order valence-electron chi connectivity index (χ3n) is 5.19. The fraction of sp³-hybridized carbons (Fsp3) is 0.455. The molecular weight excluding hydrogens is 362 g/mol. The molecule has 0 aliphatic carbocycles. The van der Waals surface area contributed by atoms with Crippen LogP contribution in [0.25, 0.3) is 22.3 Å². The number of hydrogen-bond acceptors (Lipinski definition) is 6. The van der Waals surface area contributed by atoms with Crippen molar-refractivity contribution in [3.63, 3.8) is 0 Å². The summed E-state index contributed by atoms with van der Waals surface area (Å²) in [6.45, 7) is 12.0. The van der Waals surface area contributed by atoms with E-state index in [-0.39, 0.29) is 11.7 Å². The number of hydrogen-bond donors (Lipinski definition) is 3. The molecule has 1 saturated heterocycles. The molecule has 156 valence electrons. The van der Waals surface area contributed by atoms with Crippen LogP contribution in [0.15, 0.2) is 36.7 Å². The monoisotopic (exact) mass is 395 g/mol. The van der Waals surface area contributed by atoms with Gasteiger partial charge < -0.3 is 21.4 Å². The van der Waals surface area contributed by atoms with Crippen LogP contribution in [0.2, 0.25) is 0 Å². The summed E-state index contributed by atoms with van der Waals surface area (Å²) in [6.07, 6.45) is 1.61. The second-order valence-electron chi connectivity index (χ2n) is 8.82. The Hall–Kier alpha value is -2.48. The lowest BCUT2D eigenvalue weighted by Crippen LogP contribution is -2.43. The van der Waals surface area contributed by atoms with Crippen LogP contribution >= 0.6 is 0 Å². The van der Waals surface area contributed by atoms with Gasteiger partial charge in [0.2, 0.25) is 0 Å². The quantitative estimate of drug-likeness (QED) is 0.623. The summed E-state index contributed by atoms with van der Waals surface area (Å²) < 4.78 is 0. The van der Waals surface area contributed by atoms with Crippen molar-refractivity contribution < 1.29 is 0 Å². The van der Waals surface area contributed by atoms with E-state index in [1.807, 2.05) is 0 Å². The van der Waals surface area contributed by atoms with Crippen LogP contribution in [0, 0.1) is 0 Å². The highest BCUT2D eigenvalue weighted by molar-refractivity contribution is 5.91. The van der Waals surface area contributed by atoms with Crippen molar-refractivity contribution in [2.45, 2.75) is 32.9 Å². The van der Waals surface area contributed by atoms with Gasteiger partial charge in [-0.3, -0.25) is 4.90 Å². The van der Waals surface area contributed by atoms with Gasteiger partial charge >= 0.3 is 0 Å². The number of benzene rings is 1. The van der Waals surface area contributed by atoms with E-state index in [1.54, 1.807) is 6.33 Å². The molecule has 1 aliphatic rings. The molecule has 1 fully saturated rings. The average Bonchev–Trinajstić information content (AvgIpc) is 3.08. The maximum Gasteiger partial charge on any atom is 0.143 e. The predicted molar refractivity (Wildman–Crippen MR) is 120 cm³/mol. The van der Waals surface area contributed by atoms with Crippen molar-refractivity contribution in [3.05, 3.63) is 42.2 Å². The van der Waals surface area contributed by atoms with Gasteiger partial charge in [-0.1, -0.05) is 24.3 Å². The highest BCUT2D eigenvalue weighted by Gasteiger charge is 2.16. The lowest BCUT2D eigenvalue weighted by Gasteiger charge is -2.32. The summed E-state index contributed by atoms with van der Waals surface area (Å²) in [7, 11) is 2.19. The zero-order valence-corrected chi connectivity index (χ0v) is 18.0. The average molecular weight is 396 g/mol. The van der Waals surface area contributed by atoms with Gasteiger partial charge in [-0.05, 0) is 45.0 Å². The third kappa shape index (κ3) is 5.12. The molecule has 0 radical (unpaired) electrons. The van der Waals surface area contributed by atoms with Crippen molar-refractivity contribution in [1.82, 2.24) is 30.9 Å². The normalized spacial score (nSPS) is 16.0. The van der Waals surface area contributed by atoms with Crippen LogP contribution in [0.5, 0.6) is 0 Å². The van der Waals surface area contributed by atoms with Crippen LogP contribution in [-0.4, -0.2) is 63.5 Å². The second-order valence-corrected chi connectivity index (χ2v) is 8.82. The smallest absolute Gasteiger partial charge is 0.143 e. The van der Waals surface area contributed by atoms with Gasteiger partial charge in [-0.15, -0.1) is 0 Å². The summed E-state index contributed by atoms with van der Waals surface area (Å²) in [5, 5.41) is 4.49. The molecule has 1 aliphatic heterocycles. The molecule has 0 bridgehead atoms. The molecule has 4 rings (SSSR count). The van der Waals surface area contributed by atoms with E-state index >= 15 is 0 Å². The fourth-order valence-electron chi connectivity index (χ4n) is 3.60. The molecule has 3 heterocycles. The Kier molecular flexibility index (Phi) is 6.21. The summed E-state index contributed by atoms with van der Waals surface area (Å²) in [6, 6.07) is 11.0. The SMILES string of the molecule is CN1CCN(Cc2ccc(-c3cc4c(NC(C)(C)C)ncnc4[nH]3)cc2)CC1.N. The summed E-state index contributed by atoms with van der Waals surface area (Å²) in [5.74, 6) is 0.867. The topological polar surface area (TPSA) is 95.1 Å². The Labute approximate surface area is 173 Å². The van der Waals surface area contributed by atoms with E-state index in [9.17, 15) is 0 Å². The highest BCUT2D eigenvalue weighted by Crippen LogP contribution is 2.28. The summed E-state index contributed by atoms with van der Waals surface area (Å²) >= 11 is 0. The molecule has 0 atom stereocenters. The van der Waals surface area contributed by atoms with Crippen LogP contribution in [0.1, 0.15) is 26.3 Å². The van der Waals surface area contributed by atoms with Crippen LogP contribution < -0.4 is 11.5 Å². The molecule has 3 aromatic rings. The Morgan fingerprint density at radius 2 is 1.72 bits per heavy atom. The Morgan fingerprint density at radius 3 is 2.38 bits per heavy atom. The molecule has 2 aromatic heterocycles. The molecule has 29 heavy (non-hydrogen) atoms. The number of anilines is 1. The Balaban J connectivity index is 0.00000240. The van der Waals surface area contributed by atoms with Gasteiger partial charge in [0.05, 0.1) is 5.39 Å². The van der Waals surface area contributed by atoms with Crippen LogP contribution in [0.3, 0.4) is 0 Å².